The molecule has 15 heavy (non-hydrogen) atoms. The minimum atomic E-state index is -3.49. The average molecular weight is 235 g/mol. The SMILES string of the molecule is COCCNCCNS(=O)(=O)C(C)C#N. The molecule has 2 N–H and O–H groups in total. The van der Waals surface area contributed by atoms with Gasteiger partial charge in [-0.15, -0.1) is 0 Å². The molecule has 0 fully saturated rings. The summed E-state index contributed by atoms with van der Waals surface area (Å²) in [4.78, 5) is 0. The highest BCUT2D eigenvalue weighted by molar-refractivity contribution is 7.90. The van der Waals surface area contributed by atoms with Gasteiger partial charge in [-0.25, -0.2) is 13.1 Å². The first-order chi connectivity index (χ1) is 7.04. The molecule has 1 atom stereocenters. The zero-order valence-electron chi connectivity index (χ0n) is 8.99. The van der Waals surface area contributed by atoms with Gasteiger partial charge < -0.3 is 10.1 Å². The number of nitrogens with one attached hydrogen (secondary N) is 2. The summed E-state index contributed by atoms with van der Waals surface area (Å²) in [6, 6.07) is 1.68. The third-order valence-electron chi connectivity index (χ3n) is 1.74. The maximum Gasteiger partial charge on any atom is 0.227 e. The van der Waals surface area contributed by atoms with Crippen LogP contribution in [0.2, 0.25) is 0 Å². The topological polar surface area (TPSA) is 91.2 Å². The lowest BCUT2D eigenvalue weighted by Crippen LogP contribution is -2.37. The molecule has 0 heterocycles. The largest absolute Gasteiger partial charge is 0.383 e. The summed E-state index contributed by atoms with van der Waals surface area (Å²) in [5, 5.41) is 10.4. The smallest absolute Gasteiger partial charge is 0.227 e. The quantitative estimate of drug-likeness (QED) is 0.529. The molecule has 0 saturated heterocycles. The second kappa shape index (κ2) is 7.59. The van der Waals surface area contributed by atoms with Crippen molar-refractivity contribution in [2.24, 2.45) is 0 Å². The fourth-order valence-corrected chi connectivity index (χ4v) is 1.55. The van der Waals surface area contributed by atoms with Crippen molar-refractivity contribution >= 4 is 10.0 Å². The molecule has 0 bridgehead atoms. The van der Waals surface area contributed by atoms with Crippen LogP contribution >= 0.6 is 0 Å². The molecule has 0 rings (SSSR count). The zero-order chi connectivity index (χ0) is 11.7. The summed E-state index contributed by atoms with van der Waals surface area (Å²) in [6.07, 6.45) is 0. The van der Waals surface area contributed by atoms with Gasteiger partial charge in [0.25, 0.3) is 0 Å². The maximum absolute atomic E-state index is 11.3. The van der Waals surface area contributed by atoms with Crippen LogP contribution in [0, 0.1) is 11.3 Å². The third kappa shape index (κ3) is 6.41. The Bertz CT molecular complexity index is 297. The van der Waals surface area contributed by atoms with Crippen LogP contribution in [0.15, 0.2) is 0 Å². The van der Waals surface area contributed by atoms with Crippen LogP contribution in [-0.4, -0.2) is 47.0 Å². The molecule has 0 amide bonds. The van der Waals surface area contributed by atoms with Gasteiger partial charge in [0.2, 0.25) is 10.0 Å². The summed E-state index contributed by atoms with van der Waals surface area (Å²) in [7, 11) is -1.89. The lowest BCUT2D eigenvalue weighted by molar-refractivity contribution is 0.199. The molecule has 7 heteroatoms. The van der Waals surface area contributed by atoms with Gasteiger partial charge in [0, 0.05) is 26.7 Å². The van der Waals surface area contributed by atoms with Crippen LogP contribution in [-0.2, 0) is 14.8 Å². The highest BCUT2D eigenvalue weighted by Gasteiger charge is 2.18. The van der Waals surface area contributed by atoms with Crippen LogP contribution in [0.25, 0.3) is 0 Å². The first kappa shape index (κ1) is 14.3. The van der Waals surface area contributed by atoms with Crippen LogP contribution in [0.3, 0.4) is 0 Å². The van der Waals surface area contributed by atoms with Crippen LogP contribution in [0.4, 0.5) is 0 Å². The van der Waals surface area contributed by atoms with E-state index in [1.54, 1.807) is 13.2 Å². The molecule has 0 aromatic heterocycles. The number of ether oxygens (including phenoxy) is 1. The summed E-state index contributed by atoms with van der Waals surface area (Å²) in [6.45, 7) is 3.40. The van der Waals surface area contributed by atoms with E-state index in [0.717, 1.165) is 0 Å². The molecule has 0 aliphatic heterocycles. The molecule has 0 aromatic rings. The van der Waals surface area contributed by atoms with Crippen LogP contribution in [0.5, 0.6) is 0 Å². The van der Waals surface area contributed by atoms with E-state index in [1.807, 2.05) is 0 Å². The number of methoxy groups -OCH3 is 1. The first-order valence-electron chi connectivity index (χ1n) is 4.62. The Morgan fingerprint density at radius 3 is 2.60 bits per heavy atom. The predicted octanol–water partition coefficient (Wildman–Crippen LogP) is -0.946. The van der Waals surface area contributed by atoms with E-state index in [9.17, 15) is 8.42 Å². The Balaban J connectivity index is 3.64. The highest BCUT2D eigenvalue weighted by Crippen LogP contribution is 1.94. The normalized spacial score (nSPS) is 13.4. The van der Waals surface area contributed by atoms with Crippen molar-refractivity contribution in [2.75, 3.05) is 33.4 Å². The molecule has 6 nitrogen and oxygen atoms in total. The zero-order valence-corrected chi connectivity index (χ0v) is 9.80. The molecule has 0 aliphatic carbocycles. The van der Waals surface area contributed by atoms with E-state index in [0.29, 0.717) is 19.7 Å². The van der Waals surface area contributed by atoms with E-state index in [1.165, 1.54) is 6.92 Å². The van der Waals surface area contributed by atoms with E-state index >= 15 is 0 Å². The van der Waals surface area contributed by atoms with Crippen molar-refractivity contribution in [3.8, 4) is 6.07 Å². The third-order valence-corrected chi connectivity index (χ3v) is 3.38. The van der Waals surface area contributed by atoms with Crippen molar-refractivity contribution < 1.29 is 13.2 Å². The second-order valence-corrected chi connectivity index (χ2v) is 5.04. The van der Waals surface area contributed by atoms with Gasteiger partial charge in [-0.2, -0.15) is 5.26 Å². The Hall–Kier alpha value is -0.680. The van der Waals surface area contributed by atoms with Gasteiger partial charge in [-0.1, -0.05) is 0 Å². The Morgan fingerprint density at radius 2 is 2.07 bits per heavy atom. The highest BCUT2D eigenvalue weighted by atomic mass is 32.2. The number of nitrogens with zero attached hydrogens (tertiary/aromatic N) is 1. The minimum absolute atomic E-state index is 0.276. The molecule has 0 aliphatic rings. The lowest BCUT2D eigenvalue weighted by Gasteiger charge is -2.08. The van der Waals surface area contributed by atoms with Gasteiger partial charge in [-0.3, -0.25) is 0 Å². The number of rotatable bonds is 8. The Morgan fingerprint density at radius 1 is 1.40 bits per heavy atom. The van der Waals surface area contributed by atoms with Crippen molar-refractivity contribution in [3.05, 3.63) is 0 Å². The minimum Gasteiger partial charge on any atom is -0.383 e. The number of hydrogen-bond acceptors (Lipinski definition) is 5. The molecule has 0 radical (unpaired) electrons. The van der Waals surface area contributed by atoms with Gasteiger partial charge in [0.05, 0.1) is 12.7 Å². The predicted molar refractivity (Wildman–Crippen MR) is 56.7 cm³/mol. The van der Waals surface area contributed by atoms with Crippen molar-refractivity contribution in [1.29, 1.82) is 5.26 Å². The molecule has 0 aromatic carbocycles. The summed E-state index contributed by atoms with van der Waals surface area (Å²) in [5.74, 6) is 0. The molecular formula is C8H17N3O3S. The van der Waals surface area contributed by atoms with Crippen molar-refractivity contribution in [2.45, 2.75) is 12.2 Å². The second-order valence-electron chi connectivity index (χ2n) is 2.95. The standard InChI is InChI=1S/C8H17N3O3S/c1-8(7-9)15(12,13)11-4-3-10-5-6-14-2/h8,10-11H,3-6H2,1-2H3. The number of sulfonamides is 1. The van der Waals surface area contributed by atoms with Gasteiger partial charge >= 0.3 is 0 Å². The van der Waals surface area contributed by atoms with Crippen LogP contribution in [0.1, 0.15) is 6.92 Å². The van der Waals surface area contributed by atoms with E-state index in [-0.39, 0.29) is 6.54 Å². The van der Waals surface area contributed by atoms with Crippen molar-refractivity contribution in [1.82, 2.24) is 10.0 Å². The van der Waals surface area contributed by atoms with Crippen LogP contribution < -0.4 is 10.0 Å². The molecular weight excluding hydrogens is 218 g/mol. The van der Waals surface area contributed by atoms with E-state index < -0.39 is 15.3 Å². The summed E-state index contributed by atoms with van der Waals surface area (Å²) >= 11 is 0. The molecule has 0 spiro atoms. The summed E-state index contributed by atoms with van der Waals surface area (Å²) in [5.41, 5.74) is 0. The Labute approximate surface area is 90.7 Å². The van der Waals surface area contributed by atoms with Gasteiger partial charge in [0.1, 0.15) is 0 Å². The number of hydrogen-bond donors (Lipinski definition) is 2. The first-order valence-corrected chi connectivity index (χ1v) is 6.17. The fourth-order valence-electron chi connectivity index (χ4n) is 0.775. The fraction of sp³-hybridized carbons (Fsp3) is 0.875. The number of nitriles is 1. The van der Waals surface area contributed by atoms with Gasteiger partial charge in [0.15, 0.2) is 5.25 Å². The molecule has 88 valence electrons. The average Bonchev–Trinajstić information content (AvgIpc) is 2.22. The summed E-state index contributed by atoms with van der Waals surface area (Å²) < 4.78 is 29.7. The monoisotopic (exact) mass is 235 g/mol. The van der Waals surface area contributed by atoms with Gasteiger partial charge in [-0.05, 0) is 6.92 Å². The van der Waals surface area contributed by atoms with E-state index in [4.69, 9.17) is 10.00 Å². The van der Waals surface area contributed by atoms with Crippen molar-refractivity contribution in [3.63, 3.8) is 0 Å². The lowest BCUT2D eigenvalue weighted by atomic mass is 10.5. The molecule has 1 unspecified atom stereocenters. The Kier molecular flexibility index (Phi) is 7.25. The maximum atomic E-state index is 11.3. The molecule has 0 saturated carbocycles. The van der Waals surface area contributed by atoms with E-state index in [2.05, 4.69) is 10.0 Å².